The number of anilines is 1. The largest absolute Gasteiger partial charge is 0.326 e. The molecule has 0 aliphatic heterocycles. The van der Waals surface area contributed by atoms with Gasteiger partial charge in [-0.2, -0.15) is 0 Å². The van der Waals surface area contributed by atoms with Gasteiger partial charge in [0.15, 0.2) is 0 Å². The number of pyridine rings is 1. The number of aromatic amines is 1. The molecule has 0 atom stereocenters. The lowest BCUT2D eigenvalue weighted by molar-refractivity contribution is 0.591. The second kappa shape index (κ2) is 5.87. The molecular formula is C13H12ClFN2O3S. The number of sulfonamides is 1. The zero-order chi connectivity index (χ0) is 15.6. The number of nitrogens with zero attached hydrogens (tertiary/aromatic N) is 1. The molecule has 1 heterocycles. The number of aromatic nitrogens is 1. The molecule has 2 aromatic rings. The summed E-state index contributed by atoms with van der Waals surface area (Å²) in [5.74, 6) is -0.541. The van der Waals surface area contributed by atoms with Gasteiger partial charge in [0.05, 0.1) is 5.69 Å². The van der Waals surface area contributed by atoms with E-state index < -0.39 is 21.4 Å². The molecule has 1 aromatic carbocycles. The summed E-state index contributed by atoms with van der Waals surface area (Å²) in [5, 5.41) is -0.230. The third-order valence-corrected chi connectivity index (χ3v) is 4.96. The van der Waals surface area contributed by atoms with Crippen molar-refractivity contribution in [1.82, 2.24) is 4.98 Å². The Bertz CT molecular complexity index is 820. The molecule has 0 spiro atoms. The van der Waals surface area contributed by atoms with E-state index in [4.69, 9.17) is 11.6 Å². The molecule has 2 rings (SSSR count). The van der Waals surface area contributed by atoms with Crippen molar-refractivity contribution in [2.45, 2.75) is 11.8 Å². The van der Waals surface area contributed by atoms with E-state index in [2.05, 4.69) is 4.98 Å². The quantitative estimate of drug-likeness (QED) is 0.935. The minimum Gasteiger partial charge on any atom is -0.326 e. The van der Waals surface area contributed by atoms with Crippen molar-refractivity contribution in [2.75, 3.05) is 10.8 Å². The molecule has 0 saturated carbocycles. The average Bonchev–Trinajstić information content (AvgIpc) is 2.42. The zero-order valence-electron chi connectivity index (χ0n) is 11.0. The summed E-state index contributed by atoms with van der Waals surface area (Å²) in [6.07, 6.45) is 1.06. The molecule has 0 aliphatic carbocycles. The Morgan fingerprint density at radius 3 is 2.62 bits per heavy atom. The van der Waals surface area contributed by atoms with Gasteiger partial charge in [0.1, 0.15) is 15.7 Å². The summed E-state index contributed by atoms with van der Waals surface area (Å²) in [7, 11) is -3.95. The number of halogens is 2. The lowest BCUT2D eigenvalue weighted by Gasteiger charge is -2.22. The molecule has 21 heavy (non-hydrogen) atoms. The Hall–Kier alpha value is -1.86. The Balaban J connectivity index is 2.54. The van der Waals surface area contributed by atoms with Crippen molar-refractivity contribution >= 4 is 27.3 Å². The van der Waals surface area contributed by atoms with E-state index in [1.165, 1.54) is 18.2 Å². The molecular weight excluding hydrogens is 319 g/mol. The van der Waals surface area contributed by atoms with Crippen LogP contribution in [-0.4, -0.2) is 19.9 Å². The van der Waals surface area contributed by atoms with Crippen molar-refractivity contribution in [3.8, 4) is 0 Å². The van der Waals surface area contributed by atoms with Gasteiger partial charge in [-0.05, 0) is 31.2 Å². The van der Waals surface area contributed by atoms with Crippen molar-refractivity contribution < 1.29 is 12.8 Å². The van der Waals surface area contributed by atoms with Crippen LogP contribution in [0, 0.1) is 5.82 Å². The second-order valence-electron chi connectivity index (χ2n) is 4.16. The summed E-state index contributed by atoms with van der Waals surface area (Å²) in [6, 6.07) is 6.31. The molecule has 8 heteroatoms. The van der Waals surface area contributed by atoms with Gasteiger partial charge in [0.2, 0.25) is 0 Å². The van der Waals surface area contributed by atoms with Crippen LogP contribution in [0.3, 0.4) is 0 Å². The van der Waals surface area contributed by atoms with E-state index in [1.54, 1.807) is 6.92 Å². The van der Waals surface area contributed by atoms with Gasteiger partial charge in [-0.1, -0.05) is 17.7 Å². The Labute approximate surface area is 126 Å². The first kappa shape index (κ1) is 15.5. The lowest BCUT2D eigenvalue weighted by Crippen LogP contribution is -2.31. The highest BCUT2D eigenvalue weighted by Gasteiger charge is 2.24. The van der Waals surface area contributed by atoms with Crippen LogP contribution in [0.1, 0.15) is 6.92 Å². The zero-order valence-corrected chi connectivity index (χ0v) is 12.6. The smallest absolute Gasteiger partial charge is 0.266 e. The highest BCUT2D eigenvalue weighted by Crippen LogP contribution is 2.24. The van der Waals surface area contributed by atoms with E-state index in [-0.39, 0.29) is 22.2 Å². The fraction of sp³-hybridized carbons (Fsp3) is 0.154. The van der Waals surface area contributed by atoms with E-state index >= 15 is 0 Å². The minimum absolute atomic E-state index is 0.0997. The standard InChI is InChI=1S/C13H12ClFN2O3S/c1-2-17(10-5-3-4-9(15)6-10)21(19,20)11-7-12(14)13(18)16-8-11/h3-8H,2H2,1H3,(H,16,18). The molecule has 0 amide bonds. The van der Waals surface area contributed by atoms with Crippen LogP contribution in [0.5, 0.6) is 0 Å². The topological polar surface area (TPSA) is 70.2 Å². The molecule has 0 radical (unpaired) electrons. The first-order valence-electron chi connectivity index (χ1n) is 6.03. The van der Waals surface area contributed by atoms with Gasteiger partial charge in [0, 0.05) is 12.7 Å². The number of hydrogen-bond acceptors (Lipinski definition) is 3. The summed E-state index contributed by atoms with van der Waals surface area (Å²) < 4.78 is 39.4. The number of benzene rings is 1. The number of hydrogen-bond donors (Lipinski definition) is 1. The molecule has 1 aromatic heterocycles. The van der Waals surface area contributed by atoms with Crippen molar-refractivity contribution in [2.24, 2.45) is 0 Å². The van der Waals surface area contributed by atoms with Gasteiger partial charge >= 0.3 is 0 Å². The maximum absolute atomic E-state index is 13.3. The predicted molar refractivity (Wildman–Crippen MR) is 78.7 cm³/mol. The van der Waals surface area contributed by atoms with Crippen LogP contribution in [0.15, 0.2) is 46.2 Å². The third-order valence-electron chi connectivity index (χ3n) is 2.80. The van der Waals surface area contributed by atoms with E-state index in [9.17, 15) is 17.6 Å². The van der Waals surface area contributed by atoms with Crippen LogP contribution >= 0.6 is 11.6 Å². The summed E-state index contributed by atoms with van der Waals surface area (Å²) >= 11 is 5.65. The Morgan fingerprint density at radius 2 is 2.05 bits per heavy atom. The first-order valence-corrected chi connectivity index (χ1v) is 7.84. The van der Waals surface area contributed by atoms with Crippen molar-refractivity contribution in [3.63, 3.8) is 0 Å². The van der Waals surface area contributed by atoms with Gasteiger partial charge in [0.25, 0.3) is 15.6 Å². The predicted octanol–water partition coefficient (Wildman–Crippen LogP) is 2.38. The summed E-state index contributed by atoms with van der Waals surface area (Å²) in [4.78, 5) is 13.3. The first-order chi connectivity index (χ1) is 9.86. The average molecular weight is 331 g/mol. The molecule has 0 aliphatic rings. The fourth-order valence-electron chi connectivity index (χ4n) is 1.84. The number of nitrogens with one attached hydrogen (secondary N) is 1. The molecule has 0 bridgehead atoms. The molecule has 5 nitrogen and oxygen atoms in total. The maximum Gasteiger partial charge on any atom is 0.266 e. The molecule has 1 N–H and O–H groups in total. The Kier molecular flexibility index (Phi) is 4.34. The van der Waals surface area contributed by atoms with Crippen LogP contribution in [0.2, 0.25) is 5.02 Å². The van der Waals surface area contributed by atoms with Gasteiger partial charge in [-0.15, -0.1) is 0 Å². The fourth-order valence-corrected chi connectivity index (χ4v) is 3.53. The van der Waals surface area contributed by atoms with Crippen LogP contribution in [0.4, 0.5) is 10.1 Å². The lowest BCUT2D eigenvalue weighted by atomic mass is 10.3. The van der Waals surface area contributed by atoms with Gasteiger partial charge in [-0.25, -0.2) is 12.8 Å². The SMILES string of the molecule is CCN(c1cccc(F)c1)S(=O)(=O)c1c[nH]c(=O)c(Cl)c1. The van der Waals surface area contributed by atoms with Gasteiger partial charge < -0.3 is 4.98 Å². The number of H-pyrrole nitrogens is 1. The highest BCUT2D eigenvalue weighted by atomic mass is 35.5. The van der Waals surface area contributed by atoms with Crippen molar-refractivity contribution in [1.29, 1.82) is 0 Å². The van der Waals surface area contributed by atoms with Crippen LogP contribution in [0.25, 0.3) is 0 Å². The van der Waals surface area contributed by atoms with Gasteiger partial charge in [-0.3, -0.25) is 9.10 Å². The van der Waals surface area contributed by atoms with Crippen LogP contribution < -0.4 is 9.86 Å². The summed E-state index contributed by atoms with van der Waals surface area (Å²) in [6.45, 7) is 1.72. The van der Waals surface area contributed by atoms with Crippen LogP contribution in [-0.2, 0) is 10.0 Å². The minimum atomic E-state index is -3.95. The molecule has 0 unspecified atom stereocenters. The Morgan fingerprint density at radius 1 is 1.33 bits per heavy atom. The van der Waals surface area contributed by atoms with Crippen molar-refractivity contribution in [3.05, 3.63) is 57.7 Å². The third kappa shape index (κ3) is 3.08. The molecule has 0 fully saturated rings. The van der Waals surface area contributed by atoms with E-state index in [0.717, 1.165) is 22.6 Å². The molecule has 112 valence electrons. The molecule has 0 saturated heterocycles. The highest BCUT2D eigenvalue weighted by molar-refractivity contribution is 7.92. The number of rotatable bonds is 4. The maximum atomic E-state index is 13.3. The van der Waals surface area contributed by atoms with E-state index in [0.29, 0.717) is 0 Å². The monoisotopic (exact) mass is 330 g/mol. The second-order valence-corrected chi connectivity index (χ2v) is 6.43. The summed E-state index contributed by atoms with van der Waals surface area (Å²) in [5.41, 5.74) is -0.385. The normalized spacial score (nSPS) is 11.4. The van der Waals surface area contributed by atoms with E-state index in [1.807, 2.05) is 0 Å².